The standard InChI is InChI=1S/C22H41N7O5/c1-5-13(4)17(21(33)34)28-18(30)14(8-6-10-26-22(24)25)27-19(31)15-9-7-11-29(15)20(32)16(23)12(2)3/h12-17H,5-11,23H2,1-4H3,(H,27,31)(H,28,30)(H,33,34)(H4,24,25,26). The summed E-state index contributed by atoms with van der Waals surface area (Å²) in [4.78, 5) is 55.9. The van der Waals surface area contributed by atoms with E-state index in [2.05, 4.69) is 15.6 Å². The Labute approximate surface area is 201 Å². The summed E-state index contributed by atoms with van der Waals surface area (Å²) in [5.74, 6) is -3.01. The smallest absolute Gasteiger partial charge is 0.326 e. The van der Waals surface area contributed by atoms with Crippen molar-refractivity contribution >= 4 is 29.7 Å². The Balaban J connectivity index is 2.99. The number of aliphatic carboxylic acids is 1. The molecule has 0 saturated carbocycles. The highest BCUT2D eigenvalue weighted by Crippen LogP contribution is 2.20. The Hall–Kier alpha value is -2.89. The summed E-state index contributed by atoms with van der Waals surface area (Å²) in [6.45, 7) is 7.88. The van der Waals surface area contributed by atoms with E-state index in [1.807, 2.05) is 20.8 Å². The first-order chi connectivity index (χ1) is 15.9. The molecule has 1 rings (SSSR count). The van der Waals surface area contributed by atoms with Crippen molar-refractivity contribution in [2.24, 2.45) is 34.0 Å². The number of aliphatic imine (C=N–C) groups is 1. The monoisotopic (exact) mass is 483 g/mol. The molecule has 0 aromatic heterocycles. The fourth-order valence-corrected chi connectivity index (χ4v) is 3.76. The topological polar surface area (TPSA) is 206 Å². The number of carboxylic acid groups (broad SMARTS) is 1. The molecule has 1 aliphatic heterocycles. The predicted octanol–water partition coefficient (Wildman–Crippen LogP) is -0.885. The van der Waals surface area contributed by atoms with Crippen molar-refractivity contribution in [3.8, 4) is 0 Å². The number of nitrogens with zero attached hydrogens (tertiary/aromatic N) is 2. The molecule has 34 heavy (non-hydrogen) atoms. The lowest BCUT2D eigenvalue weighted by molar-refractivity contribution is -0.144. The van der Waals surface area contributed by atoms with E-state index >= 15 is 0 Å². The van der Waals surface area contributed by atoms with Crippen LogP contribution in [-0.4, -0.2) is 76.9 Å². The highest BCUT2D eigenvalue weighted by Gasteiger charge is 2.38. The van der Waals surface area contributed by atoms with Gasteiger partial charge in [0.25, 0.3) is 0 Å². The molecule has 0 aliphatic carbocycles. The number of nitrogens with one attached hydrogen (secondary N) is 2. The highest BCUT2D eigenvalue weighted by molar-refractivity contribution is 5.94. The normalized spacial score (nSPS) is 19.1. The Morgan fingerprint density at radius 1 is 1.15 bits per heavy atom. The van der Waals surface area contributed by atoms with Gasteiger partial charge in [0.15, 0.2) is 5.96 Å². The van der Waals surface area contributed by atoms with Gasteiger partial charge in [0, 0.05) is 13.1 Å². The maximum Gasteiger partial charge on any atom is 0.326 e. The summed E-state index contributed by atoms with van der Waals surface area (Å²) < 4.78 is 0. The molecule has 1 aliphatic rings. The van der Waals surface area contributed by atoms with Crippen LogP contribution in [0.4, 0.5) is 0 Å². The van der Waals surface area contributed by atoms with E-state index in [0.717, 1.165) is 0 Å². The summed E-state index contributed by atoms with van der Waals surface area (Å²) in [5.41, 5.74) is 16.7. The molecular weight excluding hydrogens is 442 g/mol. The van der Waals surface area contributed by atoms with Crippen LogP contribution in [0.5, 0.6) is 0 Å². The van der Waals surface area contributed by atoms with Crippen LogP contribution in [0.2, 0.25) is 0 Å². The second-order valence-electron chi connectivity index (χ2n) is 9.18. The zero-order valence-electron chi connectivity index (χ0n) is 20.6. The van der Waals surface area contributed by atoms with Gasteiger partial charge in [-0.1, -0.05) is 34.1 Å². The van der Waals surface area contributed by atoms with Crippen LogP contribution >= 0.6 is 0 Å². The van der Waals surface area contributed by atoms with Crippen molar-refractivity contribution < 1.29 is 24.3 Å². The highest BCUT2D eigenvalue weighted by atomic mass is 16.4. The SMILES string of the molecule is CCC(C)C(NC(=O)C(CCCN=C(N)N)NC(=O)C1CCCN1C(=O)C(N)C(C)C)C(=O)O. The molecule has 1 saturated heterocycles. The minimum absolute atomic E-state index is 0.0839. The van der Waals surface area contributed by atoms with E-state index in [-0.39, 0.29) is 36.7 Å². The Morgan fingerprint density at radius 3 is 2.32 bits per heavy atom. The summed E-state index contributed by atoms with van der Waals surface area (Å²) in [5, 5.41) is 14.8. The quantitative estimate of drug-likeness (QED) is 0.110. The van der Waals surface area contributed by atoms with Gasteiger partial charge in [-0.05, 0) is 37.5 Å². The second-order valence-corrected chi connectivity index (χ2v) is 9.18. The van der Waals surface area contributed by atoms with Gasteiger partial charge >= 0.3 is 5.97 Å². The van der Waals surface area contributed by atoms with Gasteiger partial charge in [0.1, 0.15) is 18.1 Å². The lowest BCUT2D eigenvalue weighted by Crippen LogP contribution is -2.57. The number of likely N-dealkylation sites (tertiary alicyclic amines) is 1. The van der Waals surface area contributed by atoms with Gasteiger partial charge in [0.2, 0.25) is 17.7 Å². The zero-order chi connectivity index (χ0) is 26.0. The van der Waals surface area contributed by atoms with Crippen molar-refractivity contribution in [1.82, 2.24) is 15.5 Å². The lowest BCUT2D eigenvalue weighted by Gasteiger charge is -2.30. The number of nitrogens with two attached hydrogens (primary N) is 3. The predicted molar refractivity (Wildman–Crippen MR) is 128 cm³/mol. The molecule has 0 aromatic carbocycles. The number of hydrogen-bond acceptors (Lipinski definition) is 6. The van der Waals surface area contributed by atoms with E-state index in [9.17, 15) is 24.3 Å². The van der Waals surface area contributed by atoms with Crippen molar-refractivity contribution in [2.75, 3.05) is 13.1 Å². The molecule has 1 fully saturated rings. The number of carboxylic acids is 1. The van der Waals surface area contributed by atoms with Gasteiger partial charge in [0.05, 0.1) is 6.04 Å². The molecule has 12 nitrogen and oxygen atoms in total. The molecule has 0 aromatic rings. The van der Waals surface area contributed by atoms with E-state index in [1.54, 1.807) is 6.92 Å². The first kappa shape index (κ1) is 29.1. The van der Waals surface area contributed by atoms with E-state index < -0.39 is 42.0 Å². The van der Waals surface area contributed by atoms with Crippen LogP contribution in [0, 0.1) is 11.8 Å². The molecule has 0 spiro atoms. The summed E-state index contributed by atoms with van der Waals surface area (Å²) in [6, 6.07) is -3.57. The Morgan fingerprint density at radius 2 is 1.79 bits per heavy atom. The van der Waals surface area contributed by atoms with Crippen molar-refractivity contribution in [1.29, 1.82) is 0 Å². The zero-order valence-corrected chi connectivity index (χ0v) is 20.6. The number of carbonyl (C=O) groups is 4. The molecule has 12 heteroatoms. The molecule has 0 radical (unpaired) electrons. The average Bonchev–Trinajstić information content (AvgIpc) is 3.27. The Bertz CT molecular complexity index is 754. The van der Waals surface area contributed by atoms with Crippen LogP contribution in [0.3, 0.4) is 0 Å². The van der Waals surface area contributed by atoms with Crippen molar-refractivity contribution in [3.63, 3.8) is 0 Å². The first-order valence-corrected chi connectivity index (χ1v) is 11.9. The van der Waals surface area contributed by atoms with E-state index in [1.165, 1.54) is 4.90 Å². The molecule has 5 atom stereocenters. The van der Waals surface area contributed by atoms with Crippen LogP contribution in [0.1, 0.15) is 59.8 Å². The van der Waals surface area contributed by atoms with Crippen LogP contribution < -0.4 is 27.8 Å². The van der Waals surface area contributed by atoms with E-state index in [0.29, 0.717) is 32.2 Å². The maximum absolute atomic E-state index is 13.1. The number of amides is 3. The molecule has 0 bridgehead atoms. The third-order valence-corrected chi connectivity index (χ3v) is 6.20. The largest absolute Gasteiger partial charge is 0.480 e. The minimum atomic E-state index is -1.15. The summed E-state index contributed by atoms with van der Waals surface area (Å²) in [6.07, 6.45) is 2.21. The van der Waals surface area contributed by atoms with Gasteiger partial charge in [-0.15, -0.1) is 0 Å². The fraction of sp³-hybridized carbons (Fsp3) is 0.773. The first-order valence-electron chi connectivity index (χ1n) is 11.9. The van der Waals surface area contributed by atoms with Gasteiger partial charge in [-0.3, -0.25) is 19.4 Å². The third kappa shape index (κ3) is 8.47. The number of hydrogen-bond donors (Lipinski definition) is 6. The number of carbonyl (C=O) groups excluding carboxylic acids is 3. The molecule has 3 amide bonds. The van der Waals surface area contributed by atoms with Crippen LogP contribution in [0.25, 0.3) is 0 Å². The number of guanidine groups is 1. The summed E-state index contributed by atoms with van der Waals surface area (Å²) >= 11 is 0. The van der Waals surface area contributed by atoms with Gasteiger partial charge in [-0.2, -0.15) is 0 Å². The van der Waals surface area contributed by atoms with E-state index in [4.69, 9.17) is 17.2 Å². The van der Waals surface area contributed by atoms with Crippen LogP contribution in [0.15, 0.2) is 4.99 Å². The average molecular weight is 484 g/mol. The van der Waals surface area contributed by atoms with Crippen molar-refractivity contribution in [2.45, 2.75) is 84.0 Å². The summed E-state index contributed by atoms with van der Waals surface area (Å²) in [7, 11) is 0. The van der Waals surface area contributed by atoms with Gasteiger partial charge in [-0.25, -0.2) is 4.79 Å². The Kier molecular flexibility index (Phi) is 11.8. The fourth-order valence-electron chi connectivity index (χ4n) is 3.76. The van der Waals surface area contributed by atoms with Crippen molar-refractivity contribution in [3.05, 3.63) is 0 Å². The molecule has 194 valence electrons. The lowest BCUT2D eigenvalue weighted by atomic mass is 9.98. The maximum atomic E-state index is 13.1. The molecule has 1 heterocycles. The second kappa shape index (κ2) is 13.7. The molecular formula is C22H41N7O5. The number of rotatable bonds is 13. The molecule has 5 unspecified atom stereocenters. The molecule has 9 N–H and O–H groups in total. The van der Waals surface area contributed by atoms with Crippen LogP contribution in [-0.2, 0) is 19.2 Å². The van der Waals surface area contributed by atoms with Gasteiger partial charge < -0.3 is 37.8 Å². The minimum Gasteiger partial charge on any atom is -0.480 e. The third-order valence-electron chi connectivity index (χ3n) is 6.20.